The third-order valence-corrected chi connectivity index (χ3v) is 2.30. The molecule has 82 valence electrons. The van der Waals surface area contributed by atoms with Crippen LogP contribution < -0.4 is 19.5 Å². The molecule has 1 aromatic rings. The summed E-state index contributed by atoms with van der Waals surface area (Å²) < 4.78 is 15.9. The van der Waals surface area contributed by atoms with Crippen molar-refractivity contribution in [2.24, 2.45) is 0 Å². The van der Waals surface area contributed by atoms with Crippen LogP contribution in [0.5, 0.6) is 17.2 Å². The van der Waals surface area contributed by atoms with Crippen LogP contribution in [0.4, 0.5) is 0 Å². The van der Waals surface area contributed by atoms with Crippen molar-refractivity contribution in [1.29, 1.82) is 0 Å². The summed E-state index contributed by atoms with van der Waals surface area (Å²) >= 11 is 0. The molecule has 15 heavy (non-hydrogen) atoms. The highest BCUT2D eigenvalue weighted by Gasteiger charge is 2.19. The van der Waals surface area contributed by atoms with E-state index in [1.165, 1.54) is 0 Å². The smallest absolute Gasteiger partial charge is 0.231 e. The fourth-order valence-electron chi connectivity index (χ4n) is 1.56. The van der Waals surface area contributed by atoms with Crippen molar-refractivity contribution in [3.8, 4) is 17.2 Å². The summed E-state index contributed by atoms with van der Waals surface area (Å²) in [6.45, 7) is 4.10. The van der Waals surface area contributed by atoms with E-state index in [0.29, 0.717) is 5.75 Å². The maximum Gasteiger partial charge on any atom is 0.231 e. The third kappa shape index (κ3) is 1.99. The molecule has 0 aromatic heterocycles. The Balaban J connectivity index is 2.26. The van der Waals surface area contributed by atoms with Gasteiger partial charge >= 0.3 is 0 Å². The average molecular weight is 209 g/mol. The topological polar surface area (TPSA) is 39.7 Å². The first-order valence-electron chi connectivity index (χ1n) is 5.02. The fraction of sp³-hybridized carbons (Fsp3) is 0.455. The molecular weight excluding hydrogens is 194 g/mol. The Labute approximate surface area is 89.1 Å². The Hall–Kier alpha value is -1.42. The summed E-state index contributed by atoms with van der Waals surface area (Å²) in [6.07, 6.45) is 0. The maximum absolute atomic E-state index is 5.33. The Morgan fingerprint density at radius 3 is 3.00 bits per heavy atom. The van der Waals surface area contributed by atoms with Crippen molar-refractivity contribution in [2.45, 2.75) is 13.5 Å². The van der Waals surface area contributed by atoms with E-state index < -0.39 is 0 Å². The molecule has 1 aromatic carbocycles. The van der Waals surface area contributed by atoms with Crippen molar-refractivity contribution >= 4 is 0 Å². The molecule has 0 spiro atoms. The van der Waals surface area contributed by atoms with E-state index in [0.717, 1.165) is 30.2 Å². The molecule has 0 aliphatic carbocycles. The van der Waals surface area contributed by atoms with Gasteiger partial charge in [-0.15, -0.1) is 0 Å². The molecule has 0 fully saturated rings. The van der Waals surface area contributed by atoms with Gasteiger partial charge in [-0.25, -0.2) is 0 Å². The van der Waals surface area contributed by atoms with Crippen molar-refractivity contribution < 1.29 is 14.2 Å². The number of hydrogen-bond acceptors (Lipinski definition) is 4. The second kappa shape index (κ2) is 4.40. The highest BCUT2D eigenvalue weighted by molar-refractivity contribution is 5.55. The minimum Gasteiger partial charge on any atom is -0.493 e. The predicted molar refractivity (Wildman–Crippen MR) is 56.5 cm³/mol. The number of rotatable bonds is 4. The summed E-state index contributed by atoms with van der Waals surface area (Å²) in [5.41, 5.74) is 1.14. The normalized spacial score (nSPS) is 12.9. The average Bonchev–Trinajstić information content (AvgIpc) is 2.73. The zero-order valence-corrected chi connectivity index (χ0v) is 9.00. The van der Waals surface area contributed by atoms with Crippen LogP contribution in [0.25, 0.3) is 0 Å². The molecule has 4 heteroatoms. The summed E-state index contributed by atoms with van der Waals surface area (Å²) in [5.74, 6) is 2.21. The molecule has 2 rings (SSSR count). The van der Waals surface area contributed by atoms with Gasteiger partial charge in [-0.2, -0.15) is 0 Å². The SMILES string of the molecule is CCNCc1cc(OC)c2c(c1)OCO2. The molecule has 0 radical (unpaired) electrons. The van der Waals surface area contributed by atoms with Crippen molar-refractivity contribution in [2.75, 3.05) is 20.4 Å². The van der Waals surface area contributed by atoms with Gasteiger partial charge in [-0.1, -0.05) is 6.92 Å². The van der Waals surface area contributed by atoms with Gasteiger partial charge in [-0.3, -0.25) is 0 Å². The van der Waals surface area contributed by atoms with Crippen molar-refractivity contribution in [1.82, 2.24) is 5.32 Å². The van der Waals surface area contributed by atoms with E-state index in [-0.39, 0.29) is 6.79 Å². The van der Waals surface area contributed by atoms with E-state index in [1.807, 2.05) is 12.1 Å². The highest BCUT2D eigenvalue weighted by atomic mass is 16.7. The number of hydrogen-bond donors (Lipinski definition) is 1. The van der Waals surface area contributed by atoms with Gasteiger partial charge in [-0.05, 0) is 24.2 Å². The van der Waals surface area contributed by atoms with Crippen LogP contribution >= 0.6 is 0 Å². The van der Waals surface area contributed by atoms with Gasteiger partial charge in [0.05, 0.1) is 7.11 Å². The molecular formula is C11H15NO3. The summed E-state index contributed by atoms with van der Waals surface area (Å²) in [5, 5.41) is 3.26. The molecule has 0 bridgehead atoms. The monoisotopic (exact) mass is 209 g/mol. The van der Waals surface area contributed by atoms with Gasteiger partial charge in [0.25, 0.3) is 0 Å². The van der Waals surface area contributed by atoms with Gasteiger partial charge in [0, 0.05) is 6.54 Å². The van der Waals surface area contributed by atoms with E-state index in [9.17, 15) is 0 Å². The molecule has 1 aliphatic heterocycles. The lowest BCUT2D eigenvalue weighted by Gasteiger charge is -2.08. The highest BCUT2D eigenvalue weighted by Crippen LogP contribution is 2.41. The summed E-state index contributed by atoms with van der Waals surface area (Å²) in [7, 11) is 1.63. The van der Waals surface area contributed by atoms with E-state index >= 15 is 0 Å². The van der Waals surface area contributed by atoms with Gasteiger partial charge in [0.1, 0.15) is 0 Å². The molecule has 0 saturated heterocycles. The van der Waals surface area contributed by atoms with Crippen LogP contribution in [-0.4, -0.2) is 20.4 Å². The number of ether oxygens (including phenoxy) is 3. The Morgan fingerprint density at radius 2 is 2.27 bits per heavy atom. The molecule has 0 amide bonds. The summed E-state index contributed by atoms with van der Waals surface area (Å²) in [4.78, 5) is 0. The molecule has 1 aliphatic rings. The first-order valence-corrected chi connectivity index (χ1v) is 5.02. The van der Waals surface area contributed by atoms with Crippen LogP contribution in [0.1, 0.15) is 12.5 Å². The van der Waals surface area contributed by atoms with Crippen LogP contribution in [0.15, 0.2) is 12.1 Å². The van der Waals surface area contributed by atoms with E-state index in [1.54, 1.807) is 7.11 Å². The van der Waals surface area contributed by atoms with Crippen LogP contribution in [0, 0.1) is 0 Å². The largest absolute Gasteiger partial charge is 0.493 e. The number of methoxy groups -OCH3 is 1. The van der Waals surface area contributed by atoms with Crippen molar-refractivity contribution in [3.63, 3.8) is 0 Å². The lowest BCUT2D eigenvalue weighted by Crippen LogP contribution is -2.11. The number of nitrogens with one attached hydrogen (secondary N) is 1. The fourth-order valence-corrected chi connectivity index (χ4v) is 1.56. The van der Waals surface area contributed by atoms with Gasteiger partial charge in [0.15, 0.2) is 11.5 Å². The molecule has 0 unspecified atom stereocenters. The molecule has 1 N–H and O–H groups in total. The van der Waals surface area contributed by atoms with E-state index in [2.05, 4.69) is 12.2 Å². The first kappa shape index (κ1) is 10.1. The standard InChI is InChI=1S/C11H15NO3/c1-3-12-6-8-4-9(13-2)11-10(5-8)14-7-15-11/h4-5,12H,3,6-7H2,1-2H3. The lowest BCUT2D eigenvalue weighted by atomic mass is 10.2. The van der Waals surface area contributed by atoms with Crippen LogP contribution in [0.2, 0.25) is 0 Å². The lowest BCUT2D eigenvalue weighted by molar-refractivity contribution is 0.171. The van der Waals surface area contributed by atoms with E-state index in [4.69, 9.17) is 14.2 Å². The molecule has 0 atom stereocenters. The Morgan fingerprint density at radius 1 is 1.40 bits per heavy atom. The van der Waals surface area contributed by atoms with Gasteiger partial charge < -0.3 is 19.5 Å². The second-order valence-corrected chi connectivity index (χ2v) is 3.31. The zero-order valence-electron chi connectivity index (χ0n) is 9.00. The molecule has 0 saturated carbocycles. The van der Waals surface area contributed by atoms with Crippen molar-refractivity contribution in [3.05, 3.63) is 17.7 Å². The second-order valence-electron chi connectivity index (χ2n) is 3.31. The minimum absolute atomic E-state index is 0.274. The Kier molecular flexibility index (Phi) is 2.97. The predicted octanol–water partition coefficient (Wildman–Crippen LogP) is 1.53. The third-order valence-electron chi connectivity index (χ3n) is 2.30. The molecule has 1 heterocycles. The number of benzene rings is 1. The maximum atomic E-state index is 5.33. The Bertz CT molecular complexity index is 352. The quantitative estimate of drug-likeness (QED) is 0.816. The van der Waals surface area contributed by atoms with Crippen LogP contribution in [0.3, 0.4) is 0 Å². The minimum atomic E-state index is 0.274. The van der Waals surface area contributed by atoms with Crippen LogP contribution in [-0.2, 0) is 6.54 Å². The molecule has 4 nitrogen and oxygen atoms in total. The van der Waals surface area contributed by atoms with Gasteiger partial charge in [0.2, 0.25) is 12.5 Å². The zero-order chi connectivity index (χ0) is 10.7. The first-order chi connectivity index (χ1) is 7.35. The number of fused-ring (bicyclic) bond motifs is 1. The summed E-state index contributed by atoms with van der Waals surface area (Å²) in [6, 6.07) is 3.95.